The Bertz CT molecular complexity index is 688. The minimum absolute atomic E-state index is 0.0617. The lowest BCUT2D eigenvalue weighted by atomic mass is 10.2. The first-order valence-corrected chi connectivity index (χ1v) is 6.95. The van der Waals surface area contributed by atoms with Crippen LogP contribution in [0.1, 0.15) is 0 Å². The number of nitrogens with zero attached hydrogens (tertiary/aromatic N) is 2. The molecule has 0 spiro atoms. The highest BCUT2D eigenvalue weighted by Crippen LogP contribution is 2.32. The summed E-state index contributed by atoms with van der Waals surface area (Å²) in [5.41, 5.74) is 1.58. The Morgan fingerprint density at radius 1 is 1.05 bits per heavy atom. The zero-order chi connectivity index (χ0) is 14.8. The summed E-state index contributed by atoms with van der Waals surface area (Å²) in [6.45, 7) is 0.237. The standard InChI is InChI=1S/C16H14N2O2S/c1-20-14-10-6-5-9-13(14)18-15(19)11-17(16(18)21)12-7-3-2-4-8-12/h2-10H,11H2,1H3. The van der Waals surface area contributed by atoms with Crippen LogP contribution in [0.5, 0.6) is 5.75 Å². The van der Waals surface area contributed by atoms with Crippen molar-refractivity contribution in [2.45, 2.75) is 0 Å². The second kappa shape index (κ2) is 5.54. The lowest BCUT2D eigenvalue weighted by Crippen LogP contribution is -2.32. The van der Waals surface area contributed by atoms with Crippen molar-refractivity contribution in [3.63, 3.8) is 0 Å². The van der Waals surface area contributed by atoms with Crippen LogP contribution >= 0.6 is 12.2 Å². The van der Waals surface area contributed by atoms with E-state index < -0.39 is 0 Å². The highest BCUT2D eigenvalue weighted by atomic mass is 32.1. The maximum atomic E-state index is 12.4. The first-order chi connectivity index (χ1) is 10.2. The summed E-state index contributed by atoms with van der Waals surface area (Å²) in [6, 6.07) is 17.0. The van der Waals surface area contributed by atoms with Crippen molar-refractivity contribution in [3.8, 4) is 5.75 Å². The Balaban J connectivity index is 1.98. The second-order valence-electron chi connectivity index (χ2n) is 4.61. The van der Waals surface area contributed by atoms with Gasteiger partial charge in [-0.1, -0.05) is 30.3 Å². The number of rotatable bonds is 3. The molecule has 0 atom stereocenters. The molecule has 106 valence electrons. The van der Waals surface area contributed by atoms with Gasteiger partial charge in [0.05, 0.1) is 12.8 Å². The molecule has 0 aromatic heterocycles. The van der Waals surface area contributed by atoms with Gasteiger partial charge in [-0.3, -0.25) is 9.69 Å². The second-order valence-corrected chi connectivity index (χ2v) is 4.97. The normalized spacial score (nSPS) is 14.7. The van der Waals surface area contributed by atoms with Crippen LogP contribution in [0, 0.1) is 0 Å². The fraction of sp³-hybridized carbons (Fsp3) is 0.125. The highest BCUT2D eigenvalue weighted by Gasteiger charge is 2.35. The molecular weight excluding hydrogens is 284 g/mol. The lowest BCUT2D eigenvalue weighted by Gasteiger charge is -2.21. The number of hydrogen-bond donors (Lipinski definition) is 0. The Hall–Kier alpha value is -2.40. The topological polar surface area (TPSA) is 32.8 Å². The van der Waals surface area contributed by atoms with Gasteiger partial charge in [0, 0.05) is 5.69 Å². The molecule has 1 aliphatic rings. The van der Waals surface area contributed by atoms with Crippen molar-refractivity contribution in [3.05, 3.63) is 54.6 Å². The molecule has 1 amide bonds. The van der Waals surface area contributed by atoms with Crippen LogP contribution in [0.2, 0.25) is 0 Å². The van der Waals surface area contributed by atoms with E-state index in [2.05, 4.69) is 0 Å². The molecule has 1 fully saturated rings. The minimum atomic E-state index is -0.0617. The quantitative estimate of drug-likeness (QED) is 0.816. The Morgan fingerprint density at radius 3 is 2.43 bits per heavy atom. The number of hydrogen-bond acceptors (Lipinski definition) is 3. The van der Waals surface area contributed by atoms with Crippen LogP contribution in [-0.4, -0.2) is 24.7 Å². The van der Waals surface area contributed by atoms with E-state index in [0.29, 0.717) is 16.5 Å². The number of amides is 1. The number of methoxy groups -OCH3 is 1. The van der Waals surface area contributed by atoms with E-state index in [9.17, 15) is 4.79 Å². The molecule has 0 radical (unpaired) electrons. The Morgan fingerprint density at radius 2 is 1.71 bits per heavy atom. The number of ether oxygens (including phenoxy) is 1. The smallest absolute Gasteiger partial charge is 0.253 e. The van der Waals surface area contributed by atoms with E-state index in [0.717, 1.165) is 5.69 Å². The third-order valence-electron chi connectivity index (χ3n) is 3.36. The van der Waals surface area contributed by atoms with E-state index >= 15 is 0 Å². The van der Waals surface area contributed by atoms with Gasteiger partial charge in [-0.15, -0.1) is 0 Å². The van der Waals surface area contributed by atoms with Crippen LogP contribution in [-0.2, 0) is 4.79 Å². The van der Waals surface area contributed by atoms with E-state index in [-0.39, 0.29) is 12.5 Å². The van der Waals surface area contributed by atoms with Crippen molar-refractivity contribution >= 4 is 34.6 Å². The zero-order valence-corrected chi connectivity index (χ0v) is 12.3. The molecule has 3 rings (SSSR count). The highest BCUT2D eigenvalue weighted by molar-refractivity contribution is 7.81. The third-order valence-corrected chi connectivity index (χ3v) is 3.76. The molecule has 0 unspecified atom stereocenters. The van der Waals surface area contributed by atoms with Crippen LogP contribution in [0.15, 0.2) is 54.6 Å². The number of anilines is 2. The van der Waals surface area contributed by atoms with Crippen LogP contribution < -0.4 is 14.5 Å². The summed E-state index contributed by atoms with van der Waals surface area (Å²) in [4.78, 5) is 15.7. The van der Waals surface area contributed by atoms with Gasteiger partial charge in [-0.2, -0.15) is 0 Å². The van der Waals surface area contributed by atoms with E-state index in [4.69, 9.17) is 17.0 Å². The van der Waals surface area contributed by atoms with Crippen molar-refractivity contribution in [2.24, 2.45) is 0 Å². The molecule has 1 saturated heterocycles. The predicted octanol–water partition coefficient (Wildman–Crippen LogP) is 2.83. The largest absolute Gasteiger partial charge is 0.495 e. The number of para-hydroxylation sites is 3. The molecule has 0 saturated carbocycles. The van der Waals surface area contributed by atoms with Gasteiger partial charge in [-0.25, -0.2) is 0 Å². The first-order valence-electron chi connectivity index (χ1n) is 6.55. The molecule has 0 bridgehead atoms. The number of carbonyl (C=O) groups is 1. The summed E-state index contributed by atoms with van der Waals surface area (Å²) in [7, 11) is 1.58. The SMILES string of the molecule is COc1ccccc1N1C(=O)CN(c2ccccc2)C1=S. The monoisotopic (exact) mass is 298 g/mol. The molecule has 1 heterocycles. The maximum absolute atomic E-state index is 12.4. The zero-order valence-electron chi connectivity index (χ0n) is 11.5. The van der Waals surface area contributed by atoms with Crippen molar-refractivity contribution < 1.29 is 9.53 Å². The van der Waals surface area contributed by atoms with Gasteiger partial charge in [0.1, 0.15) is 12.3 Å². The lowest BCUT2D eigenvalue weighted by molar-refractivity contribution is -0.115. The van der Waals surface area contributed by atoms with Gasteiger partial charge in [0.25, 0.3) is 5.91 Å². The van der Waals surface area contributed by atoms with Gasteiger partial charge in [-0.05, 0) is 36.5 Å². The van der Waals surface area contributed by atoms with Gasteiger partial charge >= 0.3 is 0 Å². The van der Waals surface area contributed by atoms with E-state index in [1.54, 1.807) is 7.11 Å². The molecule has 1 aliphatic heterocycles. The molecule has 4 nitrogen and oxygen atoms in total. The molecule has 0 N–H and O–H groups in total. The van der Waals surface area contributed by atoms with Gasteiger partial charge < -0.3 is 9.64 Å². The average molecular weight is 298 g/mol. The molecule has 2 aromatic carbocycles. The van der Waals surface area contributed by atoms with E-state index in [1.807, 2.05) is 59.5 Å². The average Bonchev–Trinajstić information content (AvgIpc) is 2.83. The molecular formula is C16H14N2O2S. The number of carbonyl (C=O) groups excluding carboxylic acids is 1. The summed E-state index contributed by atoms with van der Waals surface area (Å²) < 4.78 is 5.32. The Kier molecular flexibility index (Phi) is 3.58. The fourth-order valence-corrected chi connectivity index (χ4v) is 2.73. The summed E-state index contributed by atoms with van der Waals surface area (Å²) in [5.74, 6) is 0.566. The predicted molar refractivity (Wildman–Crippen MR) is 86.9 cm³/mol. The van der Waals surface area contributed by atoms with Crippen LogP contribution in [0.4, 0.5) is 11.4 Å². The summed E-state index contributed by atoms with van der Waals surface area (Å²) in [5, 5.41) is 0.468. The van der Waals surface area contributed by atoms with Crippen LogP contribution in [0.25, 0.3) is 0 Å². The summed E-state index contributed by atoms with van der Waals surface area (Å²) >= 11 is 5.49. The van der Waals surface area contributed by atoms with E-state index in [1.165, 1.54) is 4.90 Å². The fourth-order valence-electron chi connectivity index (χ4n) is 2.36. The maximum Gasteiger partial charge on any atom is 0.253 e. The molecule has 21 heavy (non-hydrogen) atoms. The molecule has 5 heteroatoms. The van der Waals surface area contributed by atoms with Crippen LogP contribution in [0.3, 0.4) is 0 Å². The first kappa shape index (κ1) is 13.6. The van der Waals surface area contributed by atoms with Crippen molar-refractivity contribution in [1.29, 1.82) is 0 Å². The van der Waals surface area contributed by atoms with Gasteiger partial charge in [0.2, 0.25) is 0 Å². The third kappa shape index (κ3) is 2.36. The molecule has 0 aliphatic carbocycles. The van der Waals surface area contributed by atoms with Gasteiger partial charge in [0.15, 0.2) is 5.11 Å². The number of thiocarbonyl (C=S) groups is 1. The minimum Gasteiger partial charge on any atom is -0.495 e. The summed E-state index contributed by atoms with van der Waals surface area (Å²) in [6.07, 6.45) is 0. The molecule has 2 aromatic rings. The van der Waals surface area contributed by atoms with Crippen molar-refractivity contribution in [1.82, 2.24) is 0 Å². The van der Waals surface area contributed by atoms with Crippen molar-refractivity contribution in [2.75, 3.05) is 23.5 Å². The number of benzene rings is 2. The Labute approximate surface area is 128 Å².